The molecular formula is C31H56N2O4. The highest BCUT2D eigenvalue weighted by Gasteiger charge is 2.38. The maximum absolute atomic E-state index is 12.1. The molecule has 6 heteroatoms. The second-order valence-electron chi connectivity index (χ2n) is 10.7. The molecule has 0 spiro atoms. The fourth-order valence-electron chi connectivity index (χ4n) is 4.58. The largest absolute Gasteiger partial charge is 0.396 e. The van der Waals surface area contributed by atoms with E-state index in [4.69, 9.17) is 10.2 Å². The molecule has 2 atom stereocenters. The average molecular weight is 521 g/mol. The molecule has 1 fully saturated rings. The summed E-state index contributed by atoms with van der Waals surface area (Å²) < 4.78 is 0. The van der Waals surface area contributed by atoms with Crippen molar-refractivity contribution < 1.29 is 19.8 Å². The molecule has 0 aliphatic heterocycles. The summed E-state index contributed by atoms with van der Waals surface area (Å²) in [5.41, 5.74) is 0. The number of hydrogen-bond acceptors (Lipinski definition) is 4. The SMILES string of the molecule is O=C(C=CCCCCCCCCCCCO)NC1CC1NC(=O)C=CCCCCCCCCCCCO. The number of unbranched alkanes of at least 4 members (excludes halogenated alkanes) is 18. The van der Waals surface area contributed by atoms with Crippen molar-refractivity contribution in [1.29, 1.82) is 0 Å². The Morgan fingerprint density at radius 2 is 0.811 bits per heavy atom. The summed E-state index contributed by atoms with van der Waals surface area (Å²) in [5, 5.41) is 23.5. The Bertz CT molecular complexity index is 568. The van der Waals surface area contributed by atoms with Gasteiger partial charge >= 0.3 is 0 Å². The summed E-state index contributed by atoms with van der Waals surface area (Å²) in [7, 11) is 0. The molecule has 0 bridgehead atoms. The van der Waals surface area contributed by atoms with Crippen LogP contribution in [0.4, 0.5) is 0 Å². The second kappa shape index (κ2) is 24.7. The molecule has 0 saturated heterocycles. The van der Waals surface area contributed by atoms with E-state index in [-0.39, 0.29) is 23.9 Å². The highest BCUT2D eigenvalue weighted by atomic mass is 16.3. The van der Waals surface area contributed by atoms with Crippen LogP contribution < -0.4 is 10.6 Å². The first-order chi connectivity index (χ1) is 18.2. The van der Waals surface area contributed by atoms with Crippen molar-refractivity contribution in [3.05, 3.63) is 24.3 Å². The average Bonchev–Trinajstić information content (AvgIpc) is 3.61. The van der Waals surface area contributed by atoms with Gasteiger partial charge in [-0.15, -0.1) is 0 Å². The number of hydrogen-bond donors (Lipinski definition) is 4. The number of aliphatic hydroxyl groups is 2. The summed E-state index contributed by atoms with van der Waals surface area (Å²) >= 11 is 0. The van der Waals surface area contributed by atoms with Crippen LogP contribution in [0.15, 0.2) is 24.3 Å². The minimum absolute atomic E-state index is 0.0514. The Kier molecular flexibility index (Phi) is 22.2. The van der Waals surface area contributed by atoms with Crippen LogP contribution in [-0.4, -0.2) is 47.3 Å². The summed E-state index contributed by atoms with van der Waals surface area (Å²) in [6.45, 7) is 0.632. The zero-order valence-electron chi connectivity index (χ0n) is 23.4. The monoisotopic (exact) mass is 520 g/mol. The van der Waals surface area contributed by atoms with Crippen molar-refractivity contribution in [1.82, 2.24) is 10.6 Å². The number of allylic oxidation sites excluding steroid dienone is 2. The maximum atomic E-state index is 12.1. The van der Waals surface area contributed by atoms with Crippen LogP contribution in [0.1, 0.15) is 135 Å². The van der Waals surface area contributed by atoms with E-state index >= 15 is 0 Å². The standard InChI is InChI=1S/C31H56N2O4/c34-25-21-17-13-9-5-1-3-7-11-15-19-23-30(36)32-28-27-29(28)33-31(37)24-20-16-12-8-4-2-6-10-14-18-22-26-35/h19-20,23-24,28-29,34-35H,1-18,21-22,25-27H2,(H,32,36)(H,33,37). The van der Waals surface area contributed by atoms with Gasteiger partial charge in [0.15, 0.2) is 0 Å². The third kappa shape index (κ3) is 22.1. The van der Waals surface area contributed by atoms with Gasteiger partial charge in [-0.2, -0.15) is 0 Å². The molecule has 37 heavy (non-hydrogen) atoms. The van der Waals surface area contributed by atoms with Crippen LogP contribution in [-0.2, 0) is 9.59 Å². The number of nitrogens with one attached hydrogen (secondary N) is 2. The predicted molar refractivity (Wildman–Crippen MR) is 153 cm³/mol. The predicted octanol–water partition coefficient (Wildman–Crippen LogP) is 6.26. The Hall–Kier alpha value is -1.66. The Morgan fingerprint density at radius 3 is 1.14 bits per heavy atom. The van der Waals surface area contributed by atoms with Gasteiger partial charge in [-0.05, 0) is 57.1 Å². The van der Waals surface area contributed by atoms with E-state index < -0.39 is 0 Å². The molecule has 1 saturated carbocycles. The first-order valence-corrected chi connectivity index (χ1v) is 15.3. The molecule has 0 aromatic rings. The number of carbonyl (C=O) groups excluding carboxylic acids is 2. The van der Waals surface area contributed by atoms with Crippen LogP contribution in [0.25, 0.3) is 0 Å². The van der Waals surface area contributed by atoms with Gasteiger partial charge in [0.05, 0.1) is 12.1 Å². The van der Waals surface area contributed by atoms with E-state index in [1.54, 1.807) is 12.2 Å². The van der Waals surface area contributed by atoms with Crippen LogP contribution in [0.2, 0.25) is 0 Å². The van der Waals surface area contributed by atoms with Crippen molar-refractivity contribution >= 4 is 11.8 Å². The second-order valence-corrected chi connectivity index (χ2v) is 10.7. The van der Waals surface area contributed by atoms with Crippen LogP contribution in [0.5, 0.6) is 0 Å². The molecule has 1 rings (SSSR count). The van der Waals surface area contributed by atoms with Gasteiger partial charge in [0.1, 0.15) is 0 Å². The molecule has 1 aliphatic rings. The van der Waals surface area contributed by atoms with Crippen molar-refractivity contribution in [2.24, 2.45) is 0 Å². The minimum Gasteiger partial charge on any atom is -0.396 e. The van der Waals surface area contributed by atoms with E-state index in [1.165, 1.54) is 77.0 Å². The quantitative estimate of drug-likeness (QED) is 0.0799. The molecule has 2 unspecified atom stereocenters. The molecule has 1 aliphatic carbocycles. The lowest BCUT2D eigenvalue weighted by Gasteiger charge is -2.03. The number of rotatable bonds is 26. The van der Waals surface area contributed by atoms with E-state index in [0.717, 1.165) is 57.8 Å². The lowest BCUT2D eigenvalue weighted by atomic mass is 10.1. The van der Waals surface area contributed by atoms with Crippen LogP contribution in [0.3, 0.4) is 0 Å². The lowest BCUT2D eigenvalue weighted by Crippen LogP contribution is -2.33. The zero-order chi connectivity index (χ0) is 26.8. The summed E-state index contributed by atoms with van der Waals surface area (Å²) in [4.78, 5) is 24.1. The third-order valence-electron chi connectivity index (χ3n) is 7.04. The molecule has 0 aromatic carbocycles. The fourth-order valence-corrected chi connectivity index (χ4v) is 4.58. The third-order valence-corrected chi connectivity index (χ3v) is 7.04. The molecule has 6 nitrogen and oxygen atoms in total. The van der Waals surface area contributed by atoms with Gasteiger partial charge in [-0.25, -0.2) is 0 Å². The summed E-state index contributed by atoms with van der Waals surface area (Å²) in [6.07, 6.45) is 31.3. The molecular weight excluding hydrogens is 464 g/mol. The van der Waals surface area contributed by atoms with E-state index in [2.05, 4.69) is 10.6 Å². The Morgan fingerprint density at radius 1 is 0.514 bits per heavy atom. The first-order valence-electron chi connectivity index (χ1n) is 15.3. The number of aliphatic hydroxyl groups excluding tert-OH is 2. The fraction of sp³-hybridized carbons (Fsp3) is 0.806. The lowest BCUT2D eigenvalue weighted by molar-refractivity contribution is -0.118. The molecule has 0 aromatic heterocycles. The normalized spacial score (nSPS) is 17.0. The molecule has 0 radical (unpaired) electrons. The highest BCUT2D eigenvalue weighted by molar-refractivity contribution is 5.89. The molecule has 214 valence electrons. The summed E-state index contributed by atoms with van der Waals surface area (Å²) in [5.74, 6) is -0.129. The van der Waals surface area contributed by atoms with Crippen molar-refractivity contribution in [2.45, 2.75) is 147 Å². The Balaban J connectivity index is 1.91. The van der Waals surface area contributed by atoms with Gasteiger partial charge in [-0.3, -0.25) is 9.59 Å². The minimum atomic E-state index is -0.0645. The van der Waals surface area contributed by atoms with Gasteiger partial charge < -0.3 is 20.8 Å². The zero-order valence-corrected chi connectivity index (χ0v) is 23.4. The van der Waals surface area contributed by atoms with E-state index in [0.29, 0.717) is 13.2 Å². The highest BCUT2D eigenvalue weighted by Crippen LogP contribution is 2.21. The van der Waals surface area contributed by atoms with Crippen LogP contribution in [0, 0.1) is 0 Å². The van der Waals surface area contributed by atoms with E-state index in [1.807, 2.05) is 12.2 Å². The van der Waals surface area contributed by atoms with Gasteiger partial charge in [0.2, 0.25) is 11.8 Å². The molecule has 4 N–H and O–H groups in total. The van der Waals surface area contributed by atoms with Crippen LogP contribution >= 0.6 is 0 Å². The van der Waals surface area contributed by atoms with Gasteiger partial charge in [0.25, 0.3) is 0 Å². The summed E-state index contributed by atoms with van der Waals surface area (Å²) in [6, 6.07) is 0.103. The topological polar surface area (TPSA) is 98.7 Å². The molecule has 0 heterocycles. The number of amides is 2. The molecule has 2 amide bonds. The smallest absolute Gasteiger partial charge is 0.243 e. The first kappa shape index (κ1) is 33.4. The van der Waals surface area contributed by atoms with Gasteiger partial charge in [-0.1, -0.05) is 102 Å². The van der Waals surface area contributed by atoms with Crippen molar-refractivity contribution in [3.63, 3.8) is 0 Å². The van der Waals surface area contributed by atoms with E-state index in [9.17, 15) is 9.59 Å². The van der Waals surface area contributed by atoms with Crippen molar-refractivity contribution in [3.8, 4) is 0 Å². The number of carbonyl (C=O) groups is 2. The Labute approximate surface area is 226 Å². The maximum Gasteiger partial charge on any atom is 0.243 e. The van der Waals surface area contributed by atoms with Crippen molar-refractivity contribution in [2.75, 3.05) is 13.2 Å². The van der Waals surface area contributed by atoms with Gasteiger partial charge in [0, 0.05) is 13.2 Å².